The highest BCUT2D eigenvalue weighted by Gasteiger charge is 2.44. The lowest BCUT2D eigenvalue weighted by atomic mass is 10.1. The number of hydrogen-bond acceptors (Lipinski definition) is 2. The molecule has 17 heavy (non-hydrogen) atoms. The molecule has 0 heterocycles. The summed E-state index contributed by atoms with van der Waals surface area (Å²) in [5.74, 6) is 0. The van der Waals surface area contributed by atoms with E-state index in [1.807, 2.05) is 6.08 Å². The van der Waals surface area contributed by atoms with Gasteiger partial charge in [-0.2, -0.15) is 21.6 Å². The molecule has 0 radical (unpaired) electrons. The number of alkyl halides is 3. The van der Waals surface area contributed by atoms with Gasteiger partial charge in [0.15, 0.2) is 0 Å². The van der Waals surface area contributed by atoms with E-state index in [9.17, 15) is 13.2 Å². The van der Waals surface area contributed by atoms with Crippen molar-refractivity contribution in [3.63, 3.8) is 0 Å². The molecule has 0 rings (SSSR count). The van der Waals surface area contributed by atoms with Crippen LogP contribution in [0.1, 0.15) is 45.4 Å². The predicted molar refractivity (Wildman–Crippen MR) is 61.2 cm³/mol. The third-order valence-electron chi connectivity index (χ3n) is 1.80. The lowest BCUT2D eigenvalue weighted by molar-refractivity contribution is -0.0510. The minimum atomic E-state index is -5.84. The summed E-state index contributed by atoms with van der Waals surface area (Å²) < 4.78 is 57.5. The maximum Gasteiger partial charge on any atom is 0.522 e. The van der Waals surface area contributed by atoms with Crippen LogP contribution in [0.2, 0.25) is 0 Å². The summed E-state index contributed by atoms with van der Waals surface area (Å²) in [7, 11) is -5.84. The van der Waals surface area contributed by atoms with Gasteiger partial charge < -0.3 is 0 Å². The van der Waals surface area contributed by atoms with Crippen molar-refractivity contribution in [2.45, 2.75) is 51.0 Å². The van der Waals surface area contributed by atoms with Crippen LogP contribution in [0.4, 0.5) is 13.2 Å². The van der Waals surface area contributed by atoms with Gasteiger partial charge in [-0.1, -0.05) is 38.7 Å². The first-order valence-corrected chi connectivity index (χ1v) is 6.75. The summed E-state index contributed by atoms with van der Waals surface area (Å²) >= 11 is 0. The van der Waals surface area contributed by atoms with Gasteiger partial charge >= 0.3 is 15.6 Å². The second-order valence-corrected chi connectivity index (χ2v) is 4.83. The Hall–Kier alpha value is -0.560. The van der Waals surface area contributed by atoms with Crippen LogP contribution in [0.15, 0.2) is 12.7 Å². The van der Waals surface area contributed by atoms with Crippen LogP contribution in [0.25, 0.3) is 0 Å². The van der Waals surface area contributed by atoms with E-state index in [0.717, 1.165) is 0 Å². The van der Waals surface area contributed by atoms with Crippen molar-refractivity contribution in [2.24, 2.45) is 0 Å². The molecule has 7 heteroatoms. The van der Waals surface area contributed by atoms with Crippen molar-refractivity contribution in [3.8, 4) is 0 Å². The zero-order chi connectivity index (χ0) is 13.9. The Morgan fingerprint density at radius 1 is 1.18 bits per heavy atom. The summed E-state index contributed by atoms with van der Waals surface area (Å²) in [6.07, 6.45) is 10.1. The predicted octanol–water partition coefficient (Wildman–Crippen LogP) is 3.93. The Balaban J connectivity index is 0. The summed E-state index contributed by atoms with van der Waals surface area (Å²) in [6, 6.07) is 0. The highest BCUT2D eigenvalue weighted by atomic mass is 32.2. The Morgan fingerprint density at radius 2 is 1.59 bits per heavy atom. The Kier molecular flexibility index (Phi) is 10.5. The van der Waals surface area contributed by atoms with E-state index in [2.05, 4.69) is 13.5 Å². The molecule has 0 aromatic rings. The molecule has 0 bridgehead atoms. The third kappa shape index (κ3) is 13.4. The zero-order valence-electron chi connectivity index (χ0n) is 9.83. The molecule has 0 saturated heterocycles. The van der Waals surface area contributed by atoms with Gasteiger partial charge in [0.05, 0.1) is 0 Å². The zero-order valence-corrected chi connectivity index (χ0v) is 10.6. The van der Waals surface area contributed by atoms with Gasteiger partial charge in [0.25, 0.3) is 0 Å². The Morgan fingerprint density at radius 3 is 1.88 bits per heavy atom. The monoisotopic (exact) mass is 276 g/mol. The maximum absolute atomic E-state index is 10.7. The summed E-state index contributed by atoms with van der Waals surface area (Å²) in [4.78, 5) is 0. The van der Waals surface area contributed by atoms with Crippen molar-refractivity contribution < 1.29 is 26.1 Å². The number of unbranched alkanes of at least 4 members (excludes halogenated alkanes) is 5. The first-order valence-electron chi connectivity index (χ1n) is 5.31. The topological polar surface area (TPSA) is 54.4 Å². The minimum Gasteiger partial charge on any atom is -0.279 e. The Bertz CT molecular complexity index is 284. The molecule has 3 nitrogen and oxygen atoms in total. The first kappa shape index (κ1) is 18.8. The molecular weight excluding hydrogens is 257 g/mol. The largest absolute Gasteiger partial charge is 0.522 e. The van der Waals surface area contributed by atoms with Crippen molar-refractivity contribution in [3.05, 3.63) is 12.7 Å². The maximum atomic E-state index is 10.7. The highest BCUT2D eigenvalue weighted by molar-refractivity contribution is 7.86. The molecule has 0 unspecified atom stereocenters. The fourth-order valence-corrected chi connectivity index (χ4v) is 0.892. The van der Waals surface area contributed by atoms with Gasteiger partial charge in [-0.15, -0.1) is 6.58 Å². The van der Waals surface area contributed by atoms with Crippen molar-refractivity contribution in [2.75, 3.05) is 0 Å². The van der Waals surface area contributed by atoms with Gasteiger partial charge in [-0.05, 0) is 12.8 Å². The lowest BCUT2D eigenvalue weighted by Gasteiger charge is -1.97. The third-order valence-corrected chi connectivity index (χ3v) is 2.39. The van der Waals surface area contributed by atoms with Crippen LogP contribution in [0.3, 0.4) is 0 Å². The first-order chi connectivity index (χ1) is 7.66. The molecule has 0 saturated carbocycles. The standard InChI is InChI=1S/C9H18.CHF3O3S/c1-3-5-7-9-8-6-4-2;2-1(3,4)8(5,6)7/h3H,1,4-9H2,2H3;(H,5,6,7). The number of halogens is 3. The Labute approximate surface area is 100 Å². The normalized spacial score (nSPS) is 11.6. The van der Waals surface area contributed by atoms with E-state index in [4.69, 9.17) is 13.0 Å². The summed E-state index contributed by atoms with van der Waals surface area (Å²) in [5.41, 5.74) is -5.53. The molecule has 0 aliphatic carbocycles. The van der Waals surface area contributed by atoms with Crippen LogP contribution in [0.5, 0.6) is 0 Å². The smallest absolute Gasteiger partial charge is 0.279 e. The van der Waals surface area contributed by atoms with Crippen molar-refractivity contribution in [1.82, 2.24) is 0 Å². The summed E-state index contributed by atoms with van der Waals surface area (Å²) in [5, 5.41) is 0. The summed E-state index contributed by atoms with van der Waals surface area (Å²) in [6.45, 7) is 5.92. The molecule has 0 aromatic heterocycles. The van der Waals surface area contributed by atoms with Crippen LogP contribution in [-0.2, 0) is 10.1 Å². The fraction of sp³-hybridized carbons (Fsp3) is 0.800. The van der Waals surface area contributed by atoms with E-state index in [0.29, 0.717) is 0 Å². The second kappa shape index (κ2) is 9.47. The van der Waals surface area contributed by atoms with E-state index >= 15 is 0 Å². The van der Waals surface area contributed by atoms with E-state index in [1.165, 1.54) is 38.5 Å². The fourth-order valence-electron chi connectivity index (χ4n) is 0.892. The van der Waals surface area contributed by atoms with Crippen LogP contribution in [0, 0.1) is 0 Å². The van der Waals surface area contributed by atoms with E-state index in [1.54, 1.807) is 0 Å². The number of rotatable bonds is 6. The molecule has 0 spiro atoms. The molecule has 0 fully saturated rings. The average Bonchev–Trinajstić information content (AvgIpc) is 2.15. The number of allylic oxidation sites excluding steroid dienone is 1. The van der Waals surface area contributed by atoms with Crippen molar-refractivity contribution in [1.29, 1.82) is 0 Å². The average molecular weight is 276 g/mol. The lowest BCUT2D eigenvalue weighted by Crippen LogP contribution is -2.21. The molecule has 0 amide bonds. The number of hydrogen-bond donors (Lipinski definition) is 1. The van der Waals surface area contributed by atoms with Crippen LogP contribution >= 0.6 is 0 Å². The van der Waals surface area contributed by atoms with Crippen LogP contribution in [-0.4, -0.2) is 18.5 Å². The van der Waals surface area contributed by atoms with Gasteiger partial charge in [-0.3, -0.25) is 4.55 Å². The molecule has 0 atom stereocenters. The molecule has 1 N–H and O–H groups in total. The molecule has 104 valence electrons. The minimum absolute atomic E-state index is 1.20. The van der Waals surface area contributed by atoms with Gasteiger partial charge in [-0.25, -0.2) is 0 Å². The van der Waals surface area contributed by atoms with Crippen molar-refractivity contribution >= 4 is 10.1 Å². The van der Waals surface area contributed by atoms with E-state index in [-0.39, 0.29) is 0 Å². The molecule has 0 aliphatic heterocycles. The van der Waals surface area contributed by atoms with Gasteiger partial charge in [0, 0.05) is 0 Å². The molecule has 0 aromatic carbocycles. The molecular formula is C10H19F3O3S. The van der Waals surface area contributed by atoms with Gasteiger partial charge in [0.1, 0.15) is 0 Å². The molecule has 0 aliphatic rings. The van der Waals surface area contributed by atoms with Gasteiger partial charge in [0.2, 0.25) is 0 Å². The van der Waals surface area contributed by atoms with Crippen LogP contribution < -0.4 is 0 Å². The second-order valence-electron chi connectivity index (χ2n) is 3.41. The SMILES string of the molecule is C=CCCCCCCC.O=S(=O)(O)C(F)(F)F. The highest BCUT2D eigenvalue weighted by Crippen LogP contribution is 2.20. The quantitative estimate of drug-likeness (QED) is 0.346. The van der Waals surface area contributed by atoms with E-state index < -0.39 is 15.6 Å².